The highest BCUT2D eigenvalue weighted by molar-refractivity contribution is 5.38. The van der Waals surface area contributed by atoms with Crippen LogP contribution in [0.15, 0.2) is 18.2 Å². The van der Waals surface area contributed by atoms with Crippen LogP contribution < -0.4 is 4.74 Å². The Kier molecular flexibility index (Phi) is 1.81. The molecule has 0 aliphatic carbocycles. The van der Waals surface area contributed by atoms with Crippen LogP contribution in [0.2, 0.25) is 0 Å². The fourth-order valence-corrected chi connectivity index (χ4v) is 0.809. The van der Waals surface area contributed by atoms with E-state index in [1.165, 1.54) is 0 Å². The first kappa shape index (κ1) is 6.93. The van der Waals surface area contributed by atoms with E-state index in [0.717, 1.165) is 11.3 Å². The molecule has 1 rings (SSSR count). The molecule has 0 heterocycles. The molecule has 2 heteroatoms. The minimum atomic E-state index is 0.238. The maximum absolute atomic E-state index is 8.99. The summed E-state index contributed by atoms with van der Waals surface area (Å²) in [4.78, 5) is 0. The van der Waals surface area contributed by atoms with Crippen molar-refractivity contribution in [2.75, 3.05) is 7.11 Å². The first-order chi connectivity index (χ1) is 4.74. The Morgan fingerprint density at radius 2 is 2.10 bits per heavy atom. The van der Waals surface area contributed by atoms with Gasteiger partial charge in [-0.2, -0.15) is 0 Å². The van der Waals surface area contributed by atoms with Crippen molar-refractivity contribution in [1.82, 2.24) is 0 Å². The van der Waals surface area contributed by atoms with E-state index in [1.807, 2.05) is 13.0 Å². The van der Waals surface area contributed by atoms with Gasteiger partial charge in [0.05, 0.1) is 7.11 Å². The van der Waals surface area contributed by atoms with Gasteiger partial charge in [0, 0.05) is 6.07 Å². The first-order valence-electron chi connectivity index (χ1n) is 3.07. The van der Waals surface area contributed by atoms with Crippen LogP contribution in [0.3, 0.4) is 0 Å². The summed E-state index contributed by atoms with van der Waals surface area (Å²) in [7, 11) is 1.59. The van der Waals surface area contributed by atoms with E-state index in [2.05, 4.69) is 0 Å². The SMILES string of the molecule is COc1cc(O)ccc1C. The van der Waals surface area contributed by atoms with Gasteiger partial charge in [0.2, 0.25) is 0 Å². The van der Waals surface area contributed by atoms with Gasteiger partial charge in [-0.15, -0.1) is 0 Å². The molecular formula is C8H10O2. The number of methoxy groups -OCH3 is 1. The number of rotatable bonds is 1. The summed E-state index contributed by atoms with van der Waals surface area (Å²) in [5.74, 6) is 0.961. The second-order valence-electron chi connectivity index (χ2n) is 2.15. The lowest BCUT2D eigenvalue weighted by Crippen LogP contribution is -1.85. The van der Waals surface area contributed by atoms with Gasteiger partial charge in [-0.3, -0.25) is 0 Å². The Hall–Kier alpha value is -1.18. The summed E-state index contributed by atoms with van der Waals surface area (Å²) in [6.07, 6.45) is 0. The van der Waals surface area contributed by atoms with Crippen molar-refractivity contribution in [2.45, 2.75) is 6.92 Å². The van der Waals surface area contributed by atoms with Crippen LogP contribution in [0.1, 0.15) is 5.56 Å². The quantitative estimate of drug-likeness (QED) is 0.640. The summed E-state index contributed by atoms with van der Waals surface area (Å²) >= 11 is 0. The topological polar surface area (TPSA) is 29.5 Å². The first-order valence-corrected chi connectivity index (χ1v) is 3.07. The van der Waals surface area contributed by atoms with Crippen LogP contribution >= 0.6 is 0 Å². The van der Waals surface area contributed by atoms with Crippen molar-refractivity contribution in [3.63, 3.8) is 0 Å². The number of phenols is 1. The second kappa shape index (κ2) is 2.60. The fraction of sp³-hybridized carbons (Fsp3) is 0.250. The maximum atomic E-state index is 8.99. The molecule has 1 N–H and O–H groups in total. The molecule has 0 fully saturated rings. The molecule has 0 saturated carbocycles. The Morgan fingerprint density at radius 3 is 2.60 bits per heavy atom. The molecular weight excluding hydrogens is 128 g/mol. The van der Waals surface area contributed by atoms with E-state index < -0.39 is 0 Å². The maximum Gasteiger partial charge on any atom is 0.125 e. The van der Waals surface area contributed by atoms with Crippen LogP contribution in [0.4, 0.5) is 0 Å². The van der Waals surface area contributed by atoms with Gasteiger partial charge in [-0.25, -0.2) is 0 Å². The lowest BCUT2D eigenvalue weighted by Gasteiger charge is -2.02. The normalized spacial score (nSPS) is 9.40. The molecule has 0 saturated heterocycles. The zero-order chi connectivity index (χ0) is 7.56. The molecule has 1 aromatic rings. The van der Waals surface area contributed by atoms with Gasteiger partial charge in [0.25, 0.3) is 0 Å². The van der Waals surface area contributed by atoms with Crippen molar-refractivity contribution >= 4 is 0 Å². The highest BCUT2D eigenvalue weighted by atomic mass is 16.5. The van der Waals surface area contributed by atoms with Crippen LogP contribution in [-0.4, -0.2) is 12.2 Å². The highest BCUT2D eigenvalue weighted by Crippen LogP contribution is 2.22. The van der Waals surface area contributed by atoms with E-state index in [0.29, 0.717) is 0 Å². The average Bonchev–Trinajstić information content (AvgIpc) is 1.94. The summed E-state index contributed by atoms with van der Waals surface area (Å²) in [6.45, 7) is 1.93. The standard InChI is InChI=1S/C8H10O2/c1-6-3-4-7(9)5-8(6)10-2/h3-5,9H,1-2H3. The largest absolute Gasteiger partial charge is 0.508 e. The highest BCUT2D eigenvalue weighted by Gasteiger charge is 1.96. The number of aromatic hydroxyl groups is 1. The number of benzene rings is 1. The van der Waals surface area contributed by atoms with Gasteiger partial charge in [0.1, 0.15) is 11.5 Å². The third kappa shape index (κ3) is 1.21. The van der Waals surface area contributed by atoms with Crippen molar-refractivity contribution in [3.8, 4) is 11.5 Å². The molecule has 54 valence electrons. The molecule has 2 nitrogen and oxygen atoms in total. The van der Waals surface area contributed by atoms with Gasteiger partial charge >= 0.3 is 0 Å². The van der Waals surface area contributed by atoms with Gasteiger partial charge in [-0.05, 0) is 18.6 Å². The van der Waals surface area contributed by atoms with Crippen molar-refractivity contribution in [1.29, 1.82) is 0 Å². The summed E-state index contributed by atoms with van der Waals surface area (Å²) in [5.41, 5.74) is 1.03. The zero-order valence-corrected chi connectivity index (χ0v) is 6.09. The lowest BCUT2D eigenvalue weighted by atomic mass is 10.2. The third-order valence-corrected chi connectivity index (χ3v) is 1.39. The number of hydrogen-bond acceptors (Lipinski definition) is 2. The van der Waals surface area contributed by atoms with Gasteiger partial charge in [-0.1, -0.05) is 6.07 Å². The van der Waals surface area contributed by atoms with Crippen LogP contribution in [-0.2, 0) is 0 Å². The predicted molar refractivity (Wildman–Crippen MR) is 39.4 cm³/mol. The van der Waals surface area contributed by atoms with Crippen LogP contribution in [0, 0.1) is 6.92 Å². The van der Waals surface area contributed by atoms with E-state index >= 15 is 0 Å². The lowest BCUT2D eigenvalue weighted by molar-refractivity contribution is 0.404. The van der Waals surface area contributed by atoms with E-state index in [9.17, 15) is 0 Å². The van der Waals surface area contributed by atoms with E-state index in [-0.39, 0.29) is 5.75 Å². The Balaban J connectivity index is 3.09. The molecule has 0 aliphatic rings. The zero-order valence-electron chi connectivity index (χ0n) is 6.09. The van der Waals surface area contributed by atoms with Gasteiger partial charge < -0.3 is 9.84 Å². The molecule has 0 amide bonds. The number of phenolic OH excluding ortho intramolecular Hbond substituents is 1. The summed E-state index contributed by atoms with van der Waals surface area (Å²) < 4.78 is 4.97. The van der Waals surface area contributed by atoms with E-state index in [1.54, 1.807) is 19.2 Å². The smallest absolute Gasteiger partial charge is 0.125 e. The summed E-state index contributed by atoms with van der Waals surface area (Å²) in [6, 6.07) is 5.04. The summed E-state index contributed by atoms with van der Waals surface area (Å²) in [5, 5.41) is 8.99. The Bertz CT molecular complexity index is 231. The van der Waals surface area contributed by atoms with Crippen molar-refractivity contribution in [2.24, 2.45) is 0 Å². The minimum Gasteiger partial charge on any atom is -0.508 e. The molecule has 0 aromatic heterocycles. The minimum absolute atomic E-state index is 0.238. The third-order valence-electron chi connectivity index (χ3n) is 1.39. The van der Waals surface area contributed by atoms with Crippen LogP contribution in [0.5, 0.6) is 11.5 Å². The van der Waals surface area contributed by atoms with Gasteiger partial charge in [0.15, 0.2) is 0 Å². The fourth-order valence-electron chi connectivity index (χ4n) is 0.809. The molecule has 0 bridgehead atoms. The molecule has 0 atom stereocenters. The molecule has 0 radical (unpaired) electrons. The molecule has 0 aliphatic heterocycles. The molecule has 10 heavy (non-hydrogen) atoms. The number of hydrogen-bond donors (Lipinski definition) is 1. The molecule has 0 spiro atoms. The Morgan fingerprint density at radius 1 is 1.40 bits per heavy atom. The molecule has 0 unspecified atom stereocenters. The number of ether oxygens (including phenoxy) is 1. The predicted octanol–water partition coefficient (Wildman–Crippen LogP) is 1.71. The van der Waals surface area contributed by atoms with Crippen molar-refractivity contribution < 1.29 is 9.84 Å². The van der Waals surface area contributed by atoms with Crippen LogP contribution in [0.25, 0.3) is 0 Å². The Labute approximate surface area is 60.1 Å². The monoisotopic (exact) mass is 138 g/mol. The second-order valence-corrected chi connectivity index (χ2v) is 2.15. The average molecular weight is 138 g/mol. The number of aryl methyl sites for hydroxylation is 1. The van der Waals surface area contributed by atoms with Crippen molar-refractivity contribution in [3.05, 3.63) is 23.8 Å². The molecule has 1 aromatic carbocycles. The van der Waals surface area contributed by atoms with E-state index in [4.69, 9.17) is 9.84 Å².